The Hall–Kier alpha value is -2.16. The van der Waals surface area contributed by atoms with Crippen LogP contribution in [0.15, 0.2) is 30.5 Å². The quantitative estimate of drug-likeness (QED) is 0.782. The molecular formula is C19H26N4O. The monoisotopic (exact) mass is 326 g/mol. The fraction of sp³-hybridized carbons (Fsp3) is 0.474. The molecule has 1 aromatic heterocycles. The summed E-state index contributed by atoms with van der Waals surface area (Å²) in [7, 11) is 1.91. The van der Waals surface area contributed by atoms with Gasteiger partial charge in [0.05, 0.1) is 17.3 Å². The van der Waals surface area contributed by atoms with Crippen LogP contribution in [0.2, 0.25) is 0 Å². The van der Waals surface area contributed by atoms with Gasteiger partial charge in [-0.05, 0) is 25.0 Å². The third kappa shape index (κ3) is 4.02. The molecular weight excluding hydrogens is 300 g/mol. The molecule has 0 fully saturated rings. The Morgan fingerprint density at radius 1 is 1.25 bits per heavy atom. The predicted molar refractivity (Wildman–Crippen MR) is 95.2 cm³/mol. The average molecular weight is 326 g/mol. The van der Waals surface area contributed by atoms with Gasteiger partial charge >= 0.3 is 0 Å². The number of aliphatic hydroxyl groups is 1. The Morgan fingerprint density at radius 2 is 1.92 bits per heavy atom. The highest BCUT2D eigenvalue weighted by molar-refractivity contribution is 5.63. The molecule has 0 radical (unpaired) electrons. The number of aryl methyl sites for hydroxylation is 1. The molecule has 1 heterocycles. The summed E-state index contributed by atoms with van der Waals surface area (Å²) in [6.07, 6.45) is 3.91. The topological polar surface area (TPSA) is 73.9 Å². The Kier molecular flexibility index (Phi) is 6.13. The lowest BCUT2D eigenvalue weighted by atomic mass is 9.83. The molecule has 0 aliphatic carbocycles. The van der Waals surface area contributed by atoms with Crippen molar-refractivity contribution >= 4 is 0 Å². The Balaban J connectivity index is 2.13. The van der Waals surface area contributed by atoms with Gasteiger partial charge in [-0.1, -0.05) is 26.0 Å². The first kappa shape index (κ1) is 18.2. The number of hydrogen-bond donors (Lipinski definition) is 2. The maximum Gasteiger partial charge on any atom is 0.0991 e. The molecule has 5 nitrogen and oxygen atoms in total. The van der Waals surface area contributed by atoms with Gasteiger partial charge in [0.1, 0.15) is 0 Å². The molecule has 128 valence electrons. The van der Waals surface area contributed by atoms with Crippen LogP contribution in [0.3, 0.4) is 0 Å². The van der Waals surface area contributed by atoms with Crippen molar-refractivity contribution in [1.82, 2.24) is 15.1 Å². The van der Waals surface area contributed by atoms with E-state index in [1.54, 1.807) is 0 Å². The number of benzene rings is 1. The van der Waals surface area contributed by atoms with Crippen molar-refractivity contribution in [2.24, 2.45) is 12.5 Å². The zero-order valence-corrected chi connectivity index (χ0v) is 14.7. The fourth-order valence-electron chi connectivity index (χ4n) is 2.85. The number of aromatic nitrogens is 2. The summed E-state index contributed by atoms with van der Waals surface area (Å²) >= 11 is 0. The summed E-state index contributed by atoms with van der Waals surface area (Å²) in [6, 6.07) is 9.62. The largest absolute Gasteiger partial charge is 0.396 e. The summed E-state index contributed by atoms with van der Waals surface area (Å²) in [4.78, 5) is 0. The Labute approximate surface area is 143 Å². The number of rotatable bonds is 8. The normalized spacial score (nSPS) is 11.5. The summed E-state index contributed by atoms with van der Waals surface area (Å²) in [5.41, 5.74) is 3.63. The highest BCUT2D eigenvalue weighted by atomic mass is 16.3. The second-order valence-electron chi connectivity index (χ2n) is 6.33. The zero-order chi connectivity index (χ0) is 17.6. The number of hydrogen-bond acceptors (Lipinski definition) is 4. The van der Waals surface area contributed by atoms with Gasteiger partial charge in [-0.25, -0.2) is 0 Å². The van der Waals surface area contributed by atoms with Crippen LogP contribution in [0.5, 0.6) is 0 Å². The first-order valence-corrected chi connectivity index (χ1v) is 8.42. The molecule has 0 unspecified atom stereocenters. The summed E-state index contributed by atoms with van der Waals surface area (Å²) in [5.74, 6) is 0. The van der Waals surface area contributed by atoms with E-state index in [1.165, 1.54) is 0 Å². The van der Waals surface area contributed by atoms with E-state index in [1.807, 2.05) is 42.2 Å². The van der Waals surface area contributed by atoms with Gasteiger partial charge in [-0.15, -0.1) is 0 Å². The molecule has 2 aromatic rings. The van der Waals surface area contributed by atoms with Crippen molar-refractivity contribution in [3.63, 3.8) is 0 Å². The molecule has 1 aromatic carbocycles. The lowest BCUT2D eigenvalue weighted by molar-refractivity contribution is 0.113. The van der Waals surface area contributed by atoms with Crippen LogP contribution >= 0.6 is 0 Å². The lowest BCUT2D eigenvalue weighted by Crippen LogP contribution is -2.36. The second-order valence-corrected chi connectivity index (χ2v) is 6.33. The minimum Gasteiger partial charge on any atom is -0.396 e. The Morgan fingerprint density at radius 3 is 2.46 bits per heavy atom. The molecule has 0 atom stereocenters. The van der Waals surface area contributed by atoms with Crippen LogP contribution in [-0.2, 0) is 13.6 Å². The predicted octanol–water partition coefficient (Wildman–Crippen LogP) is 2.85. The van der Waals surface area contributed by atoms with Gasteiger partial charge in [0.2, 0.25) is 0 Å². The summed E-state index contributed by atoms with van der Waals surface area (Å²) < 4.78 is 1.81. The van der Waals surface area contributed by atoms with Crippen molar-refractivity contribution in [3.8, 4) is 17.3 Å². The zero-order valence-electron chi connectivity index (χ0n) is 14.7. The van der Waals surface area contributed by atoms with Crippen molar-refractivity contribution in [3.05, 3.63) is 41.6 Å². The summed E-state index contributed by atoms with van der Waals surface area (Å²) in [5, 5.41) is 26.6. The van der Waals surface area contributed by atoms with Gasteiger partial charge in [-0.2, -0.15) is 10.4 Å². The van der Waals surface area contributed by atoms with E-state index >= 15 is 0 Å². The van der Waals surface area contributed by atoms with E-state index in [0.717, 1.165) is 36.2 Å². The van der Waals surface area contributed by atoms with Crippen LogP contribution in [0.1, 0.15) is 37.8 Å². The average Bonchev–Trinajstić information content (AvgIpc) is 3.00. The first-order chi connectivity index (χ1) is 11.6. The van der Waals surface area contributed by atoms with Gasteiger partial charge in [0.25, 0.3) is 0 Å². The van der Waals surface area contributed by atoms with Crippen molar-refractivity contribution < 1.29 is 5.11 Å². The smallest absolute Gasteiger partial charge is 0.0991 e. The third-order valence-corrected chi connectivity index (χ3v) is 4.84. The molecule has 2 rings (SSSR count). The third-order valence-electron chi connectivity index (χ3n) is 4.84. The molecule has 5 heteroatoms. The number of nitrogens with one attached hydrogen (secondary N) is 1. The molecule has 0 saturated heterocycles. The number of nitrogens with zero attached hydrogens (tertiary/aromatic N) is 3. The fourth-order valence-corrected chi connectivity index (χ4v) is 2.85. The molecule has 0 spiro atoms. The molecule has 0 aliphatic rings. The molecule has 24 heavy (non-hydrogen) atoms. The highest BCUT2D eigenvalue weighted by Crippen LogP contribution is 2.26. The minimum absolute atomic E-state index is 0.0587. The molecule has 0 bridgehead atoms. The number of nitriles is 1. The minimum atomic E-state index is -0.0587. The van der Waals surface area contributed by atoms with E-state index in [0.29, 0.717) is 12.1 Å². The van der Waals surface area contributed by atoms with Crippen LogP contribution in [0.4, 0.5) is 0 Å². The standard InChI is InChI=1S/C19H26N4O/c1-4-19(5-2,14-24)13-21-11-17-12-23(3)22-18(17)16-8-6-15(10-20)7-9-16/h6-9,12,21,24H,4-5,11,13-14H2,1-3H3. The molecule has 0 aliphatic heterocycles. The maximum absolute atomic E-state index is 9.68. The van der Waals surface area contributed by atoms with Crippen LogP contribution in [0, 0.1) is 16.7 Å². The molecule has 0 saturated carbocycles. The number of aliphatic hydroxyl groups excluding tert-OH is 1. The van der Waals surface area contributed by atoms with Crippen molar-refractivity contribution in [2.75, 3.05) is 13.2 Å². The first-order valence-electron chi connectivity index (χ1n) is 8.42. The summed E-state index contributed by atoms with van der Waals surface area (Å²) in [6.45, 7) is 5.91. The van der Waals surface area contributed by atoms with E-state index in [4.69, 9.17) is 5.26 Å². The molecule has 0 amide bonds. The van der Waals surface area contributed by atoms with Gasteiger partial charge < -0.3 is 10.4 Å². The van der Waals surface area contributed by atoms with Crippen LogP contribution < -0.4 is 5.32 Å². The second kappa shape index (κ2) is 8.09. The van der Waals surface area contributed by atoms with Crippen LogP contribution in [0.25, 0.3) is 11.3 Å². The van der Waals surface area contributed by atoms with E-state index in [2.05, 4.69) is 30.3 Å². The lowest BCUT2D eigenvalue weighted by Gasteiger charge is -2.29. The Bertz CT molecular complexity index is 685. The van der Waals surface area contributed by atoms with E-state index in [-0.39, 0.29) is 12.0 Å². The highest BCUT2D eigenvalue weighted by Gasteiger charge is 2.24. The van der Waals surface area contributed by atoms with Gasteiger partial charge in [-0.3, -0.25) is 4.68 Å². The van der Waals surface area contributed by atoms with Crippen LogP contribution in [-0.4, -0.2) is 28.0 Å². The van der Waals surface area contributed by atoms with E-state index in [9.17, 15) is 5.11 Å². The van der Waals surface area contributed by atoms with Crippen molar-refractivity contribution in [1.29, 1.82) is 5.26 Å². The van der Waals surface area contributed by atoms with Gasteiger partial charge in [0, 0.05) is 49.5 Å². The van der Waals surface area contributed by atoms with Crippen molar-refractivity contribution in [2.45, 2.75) is 33.2 Å². The molecule has 2 N–H and O–H groups in total. The maximum atomic E-state index is 9.68. The SMILES string of the molecule is CCC(CC)(CO)CNCc1cn(C)nc1-c1ccc(C#N)cc1. The van der Waals surface area contributed by atoms with E-state index < -0.39 is 0 Å². The van der Waals surface area contributed by atoms with Gasteiger partial charge in [0.15, 0.2) is 0 Å².